The second kappa shape index (κ2) is 5.43. The van der Waals surface area contributed by atoms with E-state index in [1.807, 2.05) is 41.9 Å². The summed E-state index contributed by atoms with van der Waals surface area (Å²) in [5.41, 5.74) is 6.01. The molecular formula is C16H13NO2S. The molecule has 0 radical (unpaired) electrons. The fourth-order valence-electron chi connectivity index (χ4n) is 2.28. The minimum absolute atomic E-state index is 0.134. The maximum Gasteiger partial charge on any atom is 0.303 e. The molecule has 100 valence electrons. The Balaban J connectivity index is 2.11. The average molecular weight is 283 g/mol. The largest absolute Gasteiger partial charge is 0.481 e. The van der Waals surface area contributed by atoms with Crippen LogP contribution in [0.3, 0.4) is 0 Å². The zero-order chi connectivity index (χ0) is 13.9. The van der Waals surface area contributed by atoms with E-state index in [-0.39, 0.29) is 6.42 Å². The number of carboxylic acid groups (broad SMARTS) is 1. The van der Waals surface area contributed by atoms with Gasteiger partial charge in [0.15, 0.2) is 0 Å². The minimum atomic E-state index is -0.776. The molecular weight excluding hydrogens is 270 g/mol. The fourth-order valence-corrected chi connectivity index (χ4v) is 2.98. The Hall–Kier alpha value is -2.20. The van der Waals surface area contributed by atoms with Gasteiger partial charge in [-0.1, -0.05) is 30.3 Å². The Morgan fingerprint density at radius 2 is 2.00 bits per heavy atom. The summed E-state index contributed by atoms with van der Waals surface area (Å²) in [5, 5.41) is 8.90. The Morgan fingerprint density at radius 3 is 2.75 bits per heavy atom. The van der Waals surface area contributed by atoms with Crippen LogP contribution in [0.25, 0.3) is 21.3 Å². The summed E-state index contributed by atoms with van der Waals surface area (Å²) in [6, 6.07) is 14.2. The Labute approximate surface area is 120 Å². The normalized spacial score (nSPS) is 10.8. The molecule has 0 aliphatic carbocycles. The van der Waals surface area contributed by atoms with E-state index in [0.29, 0.717) is 6.42 Å². The van der Waals surface area contributed by atoms with Crippen molar-refractivity contribution in [2.24, 2.45) is 0 Å². The van der Waals surface area contributed by atoms with Crippen molar-refractivity contribution in [3.05, 3.63) is 53.5 Å². The lowest BCUT2D eigenvalue weighted by molar-refractivity contribution is -0.136. The van der Waals surface area contributed by atoms with Gasteiger partial charge in [-0.25, -0.2) is 4.98 Å². The minimum Gasteiger partial charge on any atom is -0.481 e. The first-order valence-corrected chi connectivity index (χ1v) is 7.25. The van der Waals surface area contributed by atoms with Crippen LogP contribution in [0.4, 0.5) is 0 Å². The SMILES string of the molecule is O=C(O)CCc1cc2ncsc2cc1-c1ccccc1. The zero-order valence-electron chi connectivity index (χ0n) is 10.7. The highest BCUT2D eigenvalue weighted by atomic mass is 32.1. The van der Waals surface area contributed by atoms with Crippen molar-refractivity contribution in [3.63, 3.8) is 0 Å². The molecule has 0 fully saturated rings. The molecule has 0 aliphatic heterocycles. The first-order valence-electron chi connectivity index (χ1n) is 6.37. The summed E-state index contributed by atoms with van der Waals surface area (Å²) in [6.45, 7) is 0. The predicted molar refractivity (Wildman–Crippen MR) is 81.0 cm³/mol. The van der Waals surface area contributed by atoms with E-state index in [1.165, 1.54) is 0 Å². The zero-order valence-corrected chi connectivity index (χ0v) is 11.6. The highest BCUT2D eigenvalue weighted by Crippen LogP contribution is 2.30. The van der Waals surface area contributed by atoms with Crippen molar-refractivity contribution >= 4 is 27.5 Å². The summed E-state index contributed by atoms with van der Waals surface area (Å²) in [5.74, 6) is -0.776. The maximum absolute atomic E-state index is 10.8. The number of carboxylic acids is 1. The number of carbonyl (C=O) groups is 1. The molecule has 0 saturated heterocycles. The van der Waals surface area contributed by atoms with Crippen LogP contribution >= 0.6 is 11.3 Å². The van der Waals surface area contributed by atoms with Crippen LogP contribution in [0.15, 0.2) is 48.0 Å². The van der Waals surface area contributed by atoms with Gasteiger partial charge >= 0.3 is 5.97 Å². The van der Waals surface area contributed by atoms with E-state index >= 15 is 0 Å². The molecule has 0 unspecified atom stereocenters. The van der Waals surface area contributed by atoms with E-state index in [9.17, 15) is 4.79 Å². The molecule has 0 spiro atoms. The summed E-state index contributed by atoms with van der Waals surface area (Å²) in [6.07, 6.45) is 0.655. The van der Waals surface area contributed by atoms with Gasteiger partial charge in [-0.15, -0.1) is 11.3 Å². The Kier molecular flexibility index (Phi) is 3.48. The molecule has 0 bridgehead atoms. The highest BCUT2D eigenvalue weighted by Gasteiger charge is 2.10. The Bertz CT molecular complexity index is 750. The number of aliphatic carboxylic acids is 1. The van der Waals surface area contributed by atoms with Crippen LogP contribution in [0.1, 0.15) is 12.0 Å². The topological polar surface area (TPSA) is 50.2 Å². The van der Waals surface area contributed by atoms with Crippen molar-refractivity contribution in [1.82, 2.24) is 4.98 Å². The first kappa shape index (κ1) is 12.8. The van der Waals surface area contributed by atoms with Gasteiger partial charge < -0.3 is 5.11 Å². The van der Waals surface area contributed by atoms with E-state index in [2.05, 4.69) is 11.1 Å². The first-order chi connectivity index (χ1) is 9.74. The molecule has 0 saturated carbocycles. The van der Waals surface area contributed by atoms with Crippen molar-refractivity contribution in [2.45, 2.75) is 12.8 Å². The van der Waals surface area contributed by atoms with Gasteiger partial charge in [0.2, 0.25) is 0 Å². The van der Waals surface area contributed by atoms with E-state index < -0.39 is 5.97 Å². The third-order valence-electron chi connectivity index (χ3n) is 3.25. The number of aromatic nitrogens is 1. The number of hydrogen-bond acceptors (Lipinski definition) is 3. The summed E-state index contributed by atoms with van der Waals surface area (Å²) in [4.78, 5) is 15.1. The molecule has 2 aromatic carbocycles. The van der Waals surface area contributed by atoms with Crippen LogP contribution in [0.2, 0.25) is 0 Å². The molecule has 0 atom stereocenters. The van der Waals surface area contributed by atoms with Crippen molar-refractivity contribution in [1.29, 1.82) is 0 Å². The number of fused-ring (bicyclic) bond motifs is 1. The summed E-state index contributed by atoms with van der Waals surface area (Å²) >= 11 is 1.60. The van der Waals surface area contributed by atoms with Crippen LogP contribution in [0.5, 0.6) is 0 Å². The summed E-state index contributed by atoms with van der Waals surface area (Å²) in [7, 11) is 0. The van der Waals surface area contributed by atoms with Gasteiger partial charge in [0.05, 0.1) is 15.7 Å². The monoisotopic (exact) mass is 283 g/mol. The lowest BCUT2D eigenvalue weighted by atomic mass is 9.96. The van der Waals surface area contributed by atoms with Gasteiger partial charge in [-0.3, -0.25) is 4.79 Å². The smallest absolute Gasteiger partial charge is 0.303 e. The number of nitrogens with zero attached hydrogens (tertiary/aromatic N) is 1. The van der Waals surface area contributed by atoms with E-state index in [0.717, 1.165) is 26.9 Å². The second-order valence-electron chi connectivity index (χ2n) is 4.59. The standard InChI is InChI=1S/C16H13NO2S/c18-16(19)7-6-12-8-14-15(20-10-17-14)9-13(12)11-4-2-1-3-5-11/h1-5,8-10H,6-7H2,(H,18,19). The summed E-state index contributed by atoms with van der Waals surface area (Å²) < 4.78 is 1.13. The van der Waals surface area contributed by atoms with Gasteiger partial charge in [-0.05, 0) is 35.2 Å². The molecule has 1 heterocycles. The number of hydrogen-bond donors (Lipinski definition) is 1. The highest BCUT2D eigenvalue weighted by molar-refractivity contribution is 7.16. The quantitative estimate of drug-likeness (QED) is 0.788. The molecule has 4 heteroatoms. The van der Waals surface area contributed by atoms with Crippen molar-refractivity contribution in [2.75, 3.05) is 0 Å². The molecule has 1 aromatic heterocycles. The third kappa shape index (κ3) is 2.56. The Morgan fingerprint density at radius 1 is 1.20 bits per heavy atom. The average Bonchev–Trinajstić information content (AvgIpc) is 2.92. The predicted octanol–water partition coefficient (Wildman–Crippen LogP) is 3.98. The van der Waals surface area contributed by atoms with Crippen LogP contribution in [0, 0.1) is 0 Å². The molecule has 1 N–H and O–H groups in total. The second-order valence-corrected chi connectivity index (χ2v) is 5.48. The third-order valence-corrected chi connectivity index (χ3v) is 4.04. The maximum atomic E-state index is 10.8. The fraction of sp³-hybridized carbons (Fsp3) is 0.125. The lowest BCUT2D eigenvalue weighted by Gasteiger charge is -2.09. The van der Waals surface area contributed by atoms with Crippen molar-refractivity contribution < 1.29 is 9.90 Å². The van der Waals surface area contributed by atoms with Gasteiger partial charge in [0.25, 0.3) is 0 Å². The number of thiazole rings is 1. The van der Waals surface area contributed by atoms with Crippen LogP contribution in [-0.2, 0) is 11.2 Å². The van der Waals surface area contributed by atoms with E-state index in [4.69, 9.17) is 5.11 Å². The van der Waals surface area contributed by atoms with Crippen LogP contribution < -0.4 is 0 Å². The molecule has 3 rings (SSSR count). The molecule has 0 aliphatic rings. The molecule has 20 heavy (non-hydrogen) atoms. The van der Waals surface area contributed by atoms with Gasteiger partial charge in [0, 0.05) is 6.42 Å². The number of aryl methyl sites for hydroxylation is 1. The van der Waals surface area contributed by atoms with Crippen molar-refractivity contribution in [3.8, 4) is 11.1 Å². The number of rotatable bonds is 4. The number of benzene rings is 2. The van der Waals surface area contributed by atoms with E-state index in [1.54, 1.807) is 11.3 Å². The lowest BCUT2D eigenvalue weighted by Crippen LogP contribution is -1.99. The van der Waals surface area contributed by atoms with Gasteiger partial charge in [-0.2, -0.15) is 0 Å². The molecule has 3 nitrogen and oxygen atoms in total. The van der Waals surface area contributed by atoms with Crippen LogP contribution in [-0.4, -0.2) is 16.1 Å². The molecule has 0 amide bonds. The van der Waals surface area contributed by atoms with Gasteiger partial charge in [0.1, 0.15) is 0 Å². The molecule has 3 aromatic rings.